The van der Waals surface area contributed by atoms with E-state index in [2.05, 4.69) is 34.1 Å². The summed E-state index contributed by atoms with van der Waals surface area (Å²) in [6.07, 6.45) is 2.75. The lowest BCUT2D eigenvalue weighted by atomic mass is 10.1. The van der Waals surface area contributed by atoms with E-state index < -0.39 is 0 Å². The number of piperazine rings is 1. The molecule has 3 heteroatoms. The minimum absolute atomic E-state index is 0.636. The molecule has 0 aliphatic carbocycles. The van der Waals surface area contributed by atoms with Crippen LogP contribution in [0.2, 0.25) is 0 Å². The predicted molar refractivity (Wildman–Crippen MR) is 71.1 cm³/mol. The molecule has 17 heavy (non-hydrogen) atoms. The number of anilines is 1. The molecule has 0 amide bonds. The Labute approximate surface area is 103 Å². The average Bonchev–Trinajstić information content (AvgIpc) is 2.86. The molecule has 1 unspecified atom stereocenters. The molecular formula is C14H21N3. The van der Waals surface area contributed by atoms with E-state index in [1.807, 2.05) is 0 Å². The zero-order valence-corrected chi connectivity index (χ0v) is 10.3. The molecule has 0 bridgehead atoms. The van der Waals surface area contributed by atoms with Gasteiger partial charge in [0, 0.05) is 37.9 Å². The summed E-state index contributed by atoms with van der Waals surface area (Å²) in [7, 11) is 0. The fraction of sp³-hybridized carbons (Fsp3) is 0.571. The van der Waals surface area contributed by atoms with E-state index >= 15 is 0 Å². The Balaban J connectivity index is 1.71. The molecule has 3 nitrogen and oxygen atoms in total. The Morgan fingerprint density at radius 3 is 2.71 bits per heavy atom. The molecule has 3 rings (SSSR count). The second-order valence-electron chi connectivity index (χ2n) is 5.15. The maximum absolute atomic E-state index is 5.63. The van der Waals surface area contributed by atoms with Gasteiger partial charge in [-0.1, -0.05) is 12.1 Å². The summed E-state index contributed by atoms with van der Waals surface area (Å²) < 4.78 is 0. The Hall–Kier alpha value is -1.06. The molecular weight excluding hydrogens is 210 g/mol. The van der Waals surface area contributed by atoms with Crippen LogP contribution < -0.4 is 10.6 Å². The number of nitrogens with two attached hydrogens (primary N) is 1. The Kier molecular flexibility index (Phi) is 3.04. The van der Waals surface area contributed by atoms with Gasteiger partial charge in [-0.25, -0.2) is 0 Å². The molecule has 2 heterocycles. The molecule has 2 N–H and O–H groups in total. The van der Waals surface area contributed by atoms with Crippen LogP contribution in [0.1, 0.15) is 18.4 Å². The second kappa shape index (κ2) is 4.67. The van der Waals surface area contributed by atoms with Crippen LogP contribution in [0, 0.1) is 0 Å². The number of hydrogen-bond acceptors (Lipinski definition) is 3. The van der Waals surface area contributed by atoms with Gasteiger partial charge in [-0.05, 0) is 37.1 Å². The van der Waals surface area contributed by atoms with Crippen LogP contribution in [0.15, 0.2) is 24.3 Å². The molecule has 0 aromatic heterocycles. The summed E-state index contributed by atoms with van der Waals surface area (Å²) in [5, 5.41) is 0. The first-order valence-corrected chi connectivity index (χ1v) is 6.65. The SMILES string of the molecule is NCc1ccc(N2CCN3CCCC3C2)cc1. The number of hydrogen-bond donors (Lipinski definition) is 1. The standard InChI is InChI=1S/C14H21N3/c15-10-12-3-5-13(6-4-12)17-9-8-16-7-1-2-14(16)11-17/h3-6,14H,1-2,7-11,15H2. The smallest absolute Gasteiger partial charge is 0.0367 e. The van der Waals surface area contributed by atoms with Crippen LogP contribution in [0.4, 0.5) is 5.69 Å². The first-order chi connectivity index (χ1) is 8.36. The van der Waals surface area contributed by atoms with Crippen LogP contribution >= 0.6 is 0 Å². The van der Waals surface area contributed by atoms with Crippen LogP contribution in [0.5, 0.6) is 0 Å². The van der Waals surface area contributed by atoms with E-state index in [1.54, 1.807) is 0 Å². The molecule has 2 aliphatic heterocycles. The lowest BCUT2D eigenvalue weighted by Crippen LogP contribution is -2.50. The van der Waals surface area contributed by atoms with Gasteiger partial charge in [0.05, 0.1) is 0 Å². The Morgan fingerprint density at radius 1 is 1.12 bits per heavy atom. The van der Waals surface area contributed by atoms with Crippen molar-refractivity contribution in [3.8, 4) is 0 Å². The van der Waals surface area contributed by atoms with Crippen molar-refractivity contribution in [2.24, 2.45) is 5.73 Å². The average molecular weight is 231 g/mol. The van der Waals surface area contributed by atoms with Crippen LogP contribution in [-0.4, -0.2) is 37.1 Å². The predicted octanol–water partition coefficient (Wildman–Crippen LogP) is 1.43. The fourth-order valence-electron chi connectivity index (χ4n) is 3.07. The zero-order chi connectivity index (χ0) is 11.7. The quantitative estimate of drug-likeness (QED) is 0.835. The number of nitrogens with zero attached hydrogens (tertiary/aromatic N) is 2. The van der Waals surface area contributed by atoms with E-state index in [0.29, 0.717) is 6.54 Å². The lowest BCUT2D eigenvalue weighted by Gasteiger charge is -2.38. The molecule has 1 atom stereocenters. The molecule has 1 aromatic carbocycles. The van der Waals surface area contributed by atoms with Crippen molar-refractivity contribution in [1.82, 2.24) is 4.90 Å². The highest BCUT2D eigenvalue weighted by Crippen LogP contribution is 2.25. The van der Waals surface area contributed by atoms with Gasteiger partial charge in [0.1, 0.15) is 0 Å². The molecule has 2 fully saturated rings. The van der Waals surface area contributed by atoms with E-state index in [1.165, 1.54) is 50.3 Å². The van der Waals surface area contributed by atoms with Gasteiger partial charge in [0.15, 0.2) is 0 Å². The second-order valence-corrected chi connectivity index (χ2v) is 5.15. The molecule has 0 radical (unpaired) electrons. The van der Waals surface area contributed by atoms with Crippen molar-refractivity contribution in [3.05, 3.63) is 29.8 Å². The van der Waals surface area contributed by atoms with Gasteiger partial charge in [-0.15, -0.1) is 0 Å². The number of benzene rings is 1. The highest BCUT2D eigenvalue weighted by atomic mass is 15.3. The van der Waals surface area contributed by atoms with Gasteiger partial charge < -0.3 is 10.6 Å². The van der Waals surface area contributed by atoms with Gasteiger partial charge in [-0.3, -0.25) is 4.90 Å². The maximum atomic E-state index is 5.63. The summed E-state index contributed by atoms with van der Waals surface area (Å²) in [5.41, 5.74) is 8.20. The van der Waals surface area contributed by atoms with Crippen molar-refractivity contribution in [2.45, 2.75) is 25.4 Å². The molecule has 2 aliphatic rings. The van der Waals surface area contributed by atoms with Crippen molar-refractivity contribution >= 4 is 5.69 Å². The normalized spacial score (nSPS) is 25.0. The Bertz CT molecular complexity index is 374. The van der Waals surface area contributed by atoms with Crippen LogP contribution in [-0.2, 0) is 6.54 Å². The van der Waals surface area contributed by atoms with Gasteiger partial charge in [0.25, 0.3) is 0 Å². The summed E-state index contributed by atoms with van der Waals surface area (Å²) in [4.78, 5) is 5.16. The summed E-state index contributed by atoms with van der Waals surface area (Å²) in [6.45, 7) is 5.53. The van der Waals surface area contributed by atoms with Gasteiger partial charge >= 0.3 is 0 Å². The number of fused-ring (bicyclic) bond motifs is 1. The van der Waals surface area contributed by atoms with E-state index in [-0.39, 0.29) is 0 Å². The first-order valence-electron chi connectivity index (χ1n) is 6.65. The number of rotatable bonds is 2. The maximum Gasteiger partial charge on any atom is 0.0367 e. The van der Waals surface area contributed by atoms with Crippen LogP contribution in [0.25, 0.3) is 0 Å². The molecule has 92 valence electrons. The van der Waals surface area contributed by atoms with Crippen molar-refractivity contribution < 1.29 is 0 Å². The van der Waals surface area contributed by atoms with Gasteiger partial charge in [-0.2, -0.15) is 0 Å². The molecule has 0 spiro atoms. The lowest BCUT2D eigenvalue weighted by molar-refractivity contribution is 0.231. The topological polar surface area (TPSA) is 32.5 Å². The molecule has 2 saturated heterocycles. The van der Waals surface area contributed by atoms with E-state index in [4.69, 9.17) is 5.73 Å². The largest absolute Gasteiger partial charge is 0.369 e. The highest BCUT2D eigenvalue weighted by Gasteiger charge is 2.30. The Morgan fingerprint density at radius 2 is 1.94 bits per heavy atom. The van der Waals surface area contributed by atoms with Crippen molar-refractivity contribution in [2.75, 3.05) is 31.1 Å². The van der Waals surface area contributed by atoms with Crippen LogP contribution in [0.3, 0.4) is 0 Å². The van der Waals surface area contributed by atoms with Crippen molar-refractivity contribution in [1.29, 1.82) is 0 Å². The zero-order valence-electron chi connectivity index (χ0n) is 10.3. The minimum atomic E-state index is 0.636. The third-order valence-corrected chi connectivity index (χ3v) is 4.12. The molecule has 0 saturated carbocycles. The third kappa shape index (κ3) is 2.17. The summed E-state index contributed by atoms with van der Waals surface area (Å²) >= 11 is 0. The monoisotopic (exact) mass is 231 g/mol. The van der Waals surface area contributed by atoms with E-state index in [9.17, 15) is 0 Å². The fourth-order valence-corrected chi connectivity index (χ4v) is 3.07. The van der Waals surface area contributed by atoms with Gasteiger partial charge in [0.2, 0.25) is 0 Å². The first kappa shape index (κ1) is 11.1. The minimum Gasteiger partial charge on any atom is -0.369 e. The summed E-state index contributed by atoms with van der Waals surface area (Å²) in [6, 6.07) is 9.52. The third-order valence-electron chi connectivity index (χ3n) is 4.12. The summed E-state index contributed by atoms with van der Waals surface area (Å²) in [5.74, 6) is 0. The van der Waals surface area contributed by atoms with Crippen molar-refractivity contribution in [3.63, 3.8) is 0 Å². The highest BCUT2D eigenvalue weighted by molar-refractivity contribution is 5.48. The van der Waals surface area contributed by atoms with E-state index in [0.717, 1.165) is 6.04 Å². The molecule has 1 aromatic rings.